The van der Waals surface area contributed by atoms with E-state index < -0.39 is 0 Å². The highest BCUT2D eigenvalue weighted by molar-refractivity contribution is 5.76. The summed E-state index contributed by atoms with van der Waals surface area (Å²) in [5.74, 6) is 1.08. The van der Waals surface area contributed by atoms with Crippen LogP contribution in [0.15, 0.2) is 17.1 Å². The number of morpholine rings is 1. The van der Waals surface area contributed by atoms with Gasteiger partial charge in [-0.15, -0.1) is 0 Å². The van der Waals surface area contributed by atoms with Crippen LogP contribution >= 0.6 is 0 Å². The Morgan fingerprint density at radius 3 is 2.76 bits per heavy atom. The average molecular weight is 404 g/mol. The van der Waals surface area contributed by atoms with Crippen LogP contribution in [0.3, 0.4) is 0 Å². The molecule has 1 unspecified atom stereocenters. The van der Waals surface area contributed by atoms with Gasteiger partial charge in [0.2, 0.25) is 5.91 Å². The van der Waals surface area contributed by atoms with Gasteiger partial charge in [-0.25, -0.2) is 4.68 Å². The van der Waals surface area contributed by atoms with Crippen molar-refractivity contribution in [2.45, 2.75) is 38.6 Å². The van der Waals surface area contributed by atoms with E-state index in [2.05, 4.69) is 20.2 Å². The molecule has 8 nitrogen and oxygen atoms in total. The van der Waals surface area contributed by atoms with E-state index >= 15 is 0 Å². The molecule has 1 saturated carbocycles. The van der Waals surface area contributed by atoms with Gasteiger partial charge in [-0.05, 0) is 37.5 Å². The number of hydrogen-bond acceptors (Lipinski definition) is 6. The van der Waals surface area contributed by atoms with Gasteiger partial charge in [-0.1, -0.05) is 0 Å². The molecule has 3 fully saturated rings. The van der Waals surface area contributed by atoms with Gasteiger partial charge in [0.15, 0.2) is 0 Å². The SMILES string of the molecule is O=C(CC1CCCN(c2cnn(CC3CC3)c(=O)c2)C1)NCCN1CCOCC1. The van der Waals surface area contributed by atoms with Crippen LogP contribution in [0.2, 0.25) is 0 Å². The summed E-state index contributed by atoms with van der Waals surface area (Å²) in [6, 6.07) is 1.71. The average Bonchev–Trinajstić information content (AvgIpc) is 3.55. The Hall–Kier alpha value is -1.93. The maximum atomic E-state index is 12.4. The van der Waals surface area contributed by atoms with E-state index in [1.54, 1.807) is 10.7 Å². The zero-order chi connectivity index (χ0) is 20.1. The number of amides is 1. The van der Waals surface area contributed by atoms with Crippen molar-refractivity contribution < 1.29 is 9.53 Å². The number of ether oxygens (including phenoxy) is 1. The fourth-order valence-electron chi connectivity index (χ4n) is 4.26. The number of aromatic nitrogens is 2. The number of anilines is 1. The van der Waals surface area contributed by atoms with Gasteiger partial charge in [-0.3, -0.25) is 14.5 Å². The molecule has 2 saturated heterocycles. The highest BCUT2D eigenvalue weighted by atomic mass is 16.5. The molecule has 160 valence electrons. The van der Waals surface area contributed by atoms with Crippen molar-refractivity contribution >= 4 is 11.6 Å². The van der Waals surface area contributed by atoms with Crippen LogP contribution in [0.1, 0.15) is 32.1 Å². The predicted octanol–water partition coefficient (Wildman–Crippen LogP) is 0.708. The summed E-state index contributed by atoms with van der Waals surface area (Å²) in [7, 11) is 0. The van der Waals surface area contributed by atoms with Gasteiger partial charge in [-0.2, -0.15) is 5.10 Å². The quantitative estimate of drug-likeness (QED) is 0.689. The molecule has 8 heteroatoms. The highest BCUT2D eigenvalue weighted by Crippen LogP contribution is 2.30. The van der Waals surface area contributed by atoms with Crippen LogP contribution in [-0.4, -0.2) is 73.1 Å². The molecule has 0 spiro atoms. The number of nitrogens with zero attached hydrogens (tertiary/aromatic N) is 4. The molecule has 2 aliphatic heterocycles. The van der Waals surface area contributed by atoms with Crippen molar-refractivity contribution in [3.63, 3.8) is 0 Å². The number of carbonyl (C=O) groups is 1. The summed E-state index contributed by atoms with van der Waals surface area (Å²) >= 11 is 0. The van der Waals surface area contributed by atoms with E-state index in [1.807, 2.05) is 6.20 Å². The van der Waals surface area contributed by atoms with E-state index in [-0.39, 0.29) is 11.5 Å². The third-order valence-corrected chi connectivity index (χ3v) is 6.20. The van der Waals surface area contributed by atoms with E-state index in [4.69, 9.17) is 4.74 Å². The monoisotopic (exact) mass is 403 g/mol. The lowest BCUT2D eigenvalue weighted by atomic mass is 9.94. The Morgan fingerprint density at radius 2 is 2.00 bits per heavy atom. The van der Waals surface area contributed by atoms with Gasteiger partial charge < -0.3 is 15.0 Å². The second-order valence-corrected chi connectivity index (χ2v) is 8.64. The van der Waals surface area contributed by atoms with E-state index in [0.29, 0.717) is 24.8 Å². The smallest absolute Gasteiger partial charge is 0.268 e. The molecule has 1 N–H and O–H groups in total. The molecule has 1 atom stereocenters. The van der Waals surface area contributed by atoms with Crippen LogP contribution in [-0.2, 0) is 16.1 Å². The second-order valence-electron chi connectivity index (χ2n) is 8.64. The predicted molar refractivity (Wildman–Crippen MR) is 111 cm³/mol. The number of hydrogen-bond donors (Lipinski definition) is 1. The van der Waals surface area contributed by atoms with Crippen molar-refractivity contribution in [2.75, 3.05) is 57.4 Å². The summed E-state index contributed by atoms with van der Waals surface area (Å²) in [5, 5.41) is 7.44. The van der Waals surface area contributed by atoms with Crippen molar-refractivity contribution in [1.82, 2.24) is 20.0 Å². The molecular formula is C21H33N5O3. The minimum atomic E-state index is -0.0163. The first-order chi connectivity index (χ1) is 14.2. The molecule has 29 heavy (non-hydrogen) atoms. The number of nitrogens with one attached hydrogen (secondary N) is 1. The van der Waals surface area contributed by atoms with E-state index in [1.165, 1.54) is 12.8 Å². The Kier molecular flexibility index (Phi) is 6.82. The van der Waals surface area contributed by atoms with Crippen LogP contribution in [0.5, 0.6) is 0 Å². The van der Waals surface area contributed by atoms with E-state index in [9.17, 15) is 9.59 Å². The fourth-order valence-corrected chi connectivity index (χ4v) is 4.26. The summed E-state index contributed by atoms with van der Waals surface area (Å²) in [5.41, 5.74) is 0.872. The molecule has 3 aliphatic rings. The van der Waals surface area contributed by atoms with Gasteiger partial charge >= 0.3 is 0 Å². The molecule has 3 heterocycles. The second kappa shape index (κ2) is 9.71. The van der Waals surface area contributed by atoms with Gasteiger partial charge in [0.25, 0.3) is 5.56 Å². The molecule has 0 aromatic carbocycles. The van der Waals surface area contributed by atoms with Crippen LogP contribution in [0.25, 0.3) is 0 Å². The van der Waals surface area contributed by atoms with Crippen molar-refractivity contribution in [3.8, 4) is 0 Å². The molecule has 0 radical (unpaired) electrons. The Morgan fingerprint density at radius 1 is 1.17 bits per heavy atom. The zero-order valence-corrected chi connectivity index (χ0v) is 17.2. The Bertz CT molecular complexity index is 742. The summed E-state index contributed by atoms with van der Waals surface area (Å²) in [6.45, 7) is 7.51. The first kappa shape index (κ1) is 20.3. The highest BCUT2D eigenvalue weighted by Gasteiger charge is 2.25. The molecule has 1 aliphatic carbocycles. The van der Waals surface area contributed by atoms with Gasteiger partial charge in [0.05, 0.1) is 25.1 Å². The van der Waals surface area contributed by atoms with Crippen molar-refractivity contribution in [2.24, 2.45) is 11.8 Å². The van der Waals surface area contributed by atoms with Crippen LogP contribution in [0, 0.1) is 11.8 Å². The fraction of sp³-hybridized carbons (Fsp3) is 0.762. The lowest BCUT2D eigenvalue weighted by molar-refractivity contribution is -0.122. The maximum absolute atomic E-state index is 12.4. The largest absolute Gasteiger partial charge is 0.379 e. The first-order valence-corrected chi connectivity index (χ1v) is 11.1. The third kappa shape index (κ3) is 6.02. The first-order valence-electron chi connectivity index (χ1n) is 11.1. The number of rotatable bonds is 8. The maximum Gasteiger partial charge on any atom is 0.268 e. The normalized spacial score (nSPS) is 23.2. The van der Waals surface area contributed by atoms with E-state index in [0.717, 1.165) is 71.0 Å². The summed E-state index contributed by atoms with van der Waals surface area (Å²) in [6.07, 6.45) is 6.87. The van der Waals surface area contributed by atoms with Gasteiger partial charge in [0.1, 0.15) is 0 Å². The lowest BCUT2D eigenvalue weighted by Gasteiger charge is -2.34. The number of piperidine rings is 1. The molecular weight excluding hydrogens is 370 g/mol. The Labute approximate surface area is 172 Å². The molecule has 4 rings (SSSR count). The van der Waals surface area contributed by atoms with Crippen LogP contribution in [0.4, 0.5) is 5.69 Å². The molecule has 0 bridgehead atoms. The third-order valence-electron chi connectivity index (χ3n) is 6.20. The van der Waals surface area contributed by atoms with Crippen LogP contribution < -0.4 is 15.8 Å². The topological polar surface area (TPSA) is 79.7 Å². The molecule has 1 aromatic rings. The zero-order valence-electron chi connectivity index (χ0n) is 17.2. The minimum absolute atomic E-state index is 0.0163. The molecule has 1 aromatic heterocycles. The number of carbonyl (C=O) groups excluding carboxylic acids is 1. The van der Waals surface area contributed by atoms with Gasteiger partial charge in [0, 0.05) is 58.3 Å². The minimum Gasteiger partial charge on any atom is -0.379 e. The molecule has 1 amide bonds. The standard InChI is InChI=1S/C21H33N5O3/c27-20(22-5-7-24-8-10-29-11-9-24)12-18-2-1-6-25(15-18)19-13-21(28)26(23-14-19)16-17-3-4-17/h13-14,17-18H,1-12,15-16H2,(H,22,27). The van der Waals surface area contributed by atoms with Crippen molar-refractivity contribution in [1.29, 1.82) is 0 Å². The Balaban J connectivity index is 1.23. The lowest BCUT2D eigenvalue weighted by Crippen LogP contribution is -2.42. The van der Waals surface area contributed by atoms with Crippen molar-refractivity contribution in [3.05, 3.63) is 22.6 Å². The summed E-state index contributed by atoms with van der Waals surface area (Å²) in [4.78, 5) is 29.3. The summed E-state index contributed by atoms with van der Waals surface area (Å²) < 4.78 is 6.94.